The molecule has 1 aliphatic rings. The summed E-state index contributed by atoms with van der Waals surface area (Å²) in [5.74, 6) is -0.136. The van der Waals surface area contributed by atoms with Gasteiger partial charge in [0.2, 0.25) is 15.9 Å². The van der Waals surface area contributed by atoms with Gasteiger partial charge in [0.15, 0.2) is 0 Å². The second-order valence-corrected chi connectivity index (χ2v) is 8.18. The Kier molecular flexibility index (Phi) is 7.01. The molecule has 6 nitrogen and oxygen atoms in total. The van der Waals surface area contributed by atoms with Gasteiger partial charge in [-0.15, -0.1) is 0 Å². The van der Waals surface area contributed by atoms with Gasteiger partial charge in [-0.25, -0.2) is 13.1 Å². The molecule has 23 heavy (non-hydrogen) atoms. The highest BCUT2D eigenvalue weighted by atomic mass is 79.9. The van der Waals surface area contributed by atoms with Crippen LogP contribution in [0.4, 0.5) is 0 Å². The number of hydrogen-bond acceptors (Lipinski definition) is 4. The van der Waals surface area contributed by atoms with E-state index in [0.717, 1.165) is 24.1 Å². The molecule has 0 aliphatic carbocycles. The van der Waals surface area contributed by atoms with E-state index in [2.05, 4.69) is 30.9 Å². The van der Waals surface area contributed by atoms with Gasteiger partial charge in [-0.2, -0.15) is 0 Å². The average Bonchev–Trinajstić information content (AvgIpc) is 3.01. The van der Waals surface area contributed by atoms with Crippen molar-refractivity contribution < 1.29 is 13.2 Å². The Morgan fingerprint density at radius 1 is 1.13 bits per heavy atom. The summed E-state index contributed by atoms with van der Waals surface area (Å²) in [6, 6.07) is 6.37. The number of carbonyl (C=O) groups excluding carboxylic acids is 1. The fourth-order valence-electron chi connectivity index (χ4n) is 2.44. The summed E-state index contributed by atoms with van der Waals surface area (Å²) >= 11 is 3.26. The van der Waals surface area contributed by atoms with E-state index in [1.165, 1.54) is 25.0 Å². The molecule has 0 spiro atoms. The number of amides is 1. The number of likely N-dealkylation sites (tertiary alicyclic amines) is 1. The van der Waals surface area contributed by atoms with E-state index in [1.807, 2.05) is 0 Å². The molecule has 0 unspecified atom stereocenters. The number of halogens is 1. The van der Waals surface area contributed by atoms with Crippen LogP contribution in [0, 0.1) is 0 Å². The molecular weight excluding hydrogens is 382 g/mol. The molecule has 0 saturated carbocycles. The lowest BCUT2D eigenvalue weighted by Crippen LogP contribution is -2.35. The van der Waals surface area contributed by atoms with Gasteiger partial charge in [-0.3, -0.25) is 4.79 Å². The monoisotopic (exact) mass is 403 g/mol. The SMILES string of the molecule is O=C(CCNS(=O)(=O)c1ccc(Br)cc1)NCCN1CCCC1. The van der Waals surface area contributed by atoms with Crippen molar-refractivity contribution >= 4 is 31.9 Å². The van der Waals surface area contributed by atoms with Gasteiger partial charge in [-0.05, 0) is 50.2 Å². The number of rotatable bonds is 8. The van der Waals surface area contributed by atoms with Crippen LogP contribution in [0.2, 0.25) is 0 Å². The van der Waals surface area contributed by atoms with Crippen LogP contribution in [0.1, 0.15) is 19.3 Å². The molecule has 0 atom stereocenters. The summed E-state index contributed by atoms with van der Waals surface area (Å²) in [6.45, 7) is 3.76. The summed E-state index contributed by atoms with van der Waals surface area (Å²) in [6.07, 6.45) is 2.59. The Balaban J connectivity index is 1.66. The zero-order valence-corrected chi connectivity index (χ0v) is 15.3. The van der Waals surface area contributed by atoms with Crippen LogP contribution in [-0.4, -0.2) is 51.9 Å². The third-order valence-corrected chi connectivity index (χ3v) is 5.72. The Labute approximate surface area is 145 Å². The highest BCUT2D eigenvalue weighted by Gasteiger charge is 2.14. The second kappa shape index (κ2) is 8.77. The average molecular weight is 404 g/mol. The lowest BCUT2D eigenvalue weighted by atomic mass is 10.4. The highest BCUT2D eigenvalue weighted by Crippen LogP contribution is 2.14. The van der Waals surface area contributed by atoms with Crippen LogP contribution >= 0.6 is 15.9 Å². The predicted octanol–water partition coefficient (Wildman–Crippen LogP) is 1.33. The highest BCUT2D eigenvalue weighted by molar-refractivity contribution is 9.10. The minimum atomic E-state index is -3.57. The van der Waals surface area contributed by atoms with Gasteiger partial charge in [0, 0.05) is 30.5 Å². The molecule has 0 aromatic heterocycles. The summed E-state index contributed by atoms with van der Waals surface area (Å²) in [4.78, 5) is 14.2. The quantitative estimate of drug-likeness (QED) is 0.686. The summed E-state index contributed by atoms with van der Waals surface area (Å²) in [5.41, 5.74) is 0. The summed E-state index contributed by atoms with van der Waals surface area (Å²) in [5, 5.41) is 2.82. The third kappa shape index (κ3) is 6.21. The maximum Gasteiger partial charge on any atom is 0.240 e. The van der Waals surface area contributed by atoms with Crippen molar-refractivity contribution in [3.8, 4) is 0 Å². The van der Waals surface area contributed by atoms with Gasteiger partial charge < -0.3 is 10.2 Å². The van der Waals surface area contributed by atoms with E-state index in [-0.39, 0.29) is 23.8 Å². The largest absolute Gasteiger partial charge is 0.355 e. The maximum absolute atomic E-state index is 12.0. The number of sulfonamides is 1. The summed E-state index contributed by atoms with van der Waals surface area (Å²) < 4.78 is 27.4. The van der Waals surface area contributed by atoms with E-state index in [9.17, 15) is 13.2 Å². The van der Waals surface area contributed by atoms with E-state index in [0.29, 0.717) is 6.54 Å². The molecule has 0 radical (unpaired) electrons. The van der Waals surface area contributed by atoms with Gasteiger partial charge >= 0.3 is 0 Å². The van der Waals surface area contributed by atoms with E-state index in [1.54, 1.807) is 12.1 Å². The second-order valence-electron chi connectivity index (χ2n) is 5.50. The van der Waals surface area contributed by atoms with Crippen molar-refractivity contribution in [3.05, 3.63) is 28.7 Å². The van der Waals surface area contributed by atoms with Crippen LogP contribution in [0.25, 0.3) is 0 Å². The molecule has 0 bridgehead atoms. The van der Waals surface area contributed by atoms with Gasteiger partial charge in [-0.1, -0.05) is 15.9 Å². The van der Waals surface area contributed by atoms with Crippen molar-refractivity contribution in [1.82, 2.24) is 14.9 Å². The number of benzene rings is 1. The molecular formula is C15H22BrN3O3S. The standard InChI is InChI=1S/C15H22BrN3O3S/c16-13-3-5-14(6-4-13)23(21,22)18-8-7-15(20)17-9-12-19-10-1-2-11-19/h3-6,18H,1-2,7-12H2,(H,17,20). The minimum absolute atomic E-state index is 0.0912. The van der Waals surface area contributed by atoms with Crippen LogP contribution in [0.3, 0.4) is 0 Å². The lowest BCUT2D eigenvalue weighted by molar-refractivity contribution is -0.120. The Morgan fingerprint density at radius 3 is 2.43 bits per heavy atom. The molecule has 8 heteroatoms. The van der Waals surface area contributed by atoms with Crippen molar-refractivity contribution in [2.24, 2.45) is 0 Å². The van der Waals surface area contributed by atoms with Crippen LogP contribution < -0.4 is 10.0 Å². The Bertz CT molecular complexity index is 613. The van der Waals surface area contributed by atoms with Gasteiger partial charge in [0.25, 0.3) is 0 Å². The molecule has 1 fully saturated rings. The molecule has 1 saturated heterocycles. The smallest absolute Gasteiger partial charge is 0.240 e. The van der Waals surface area contributed by atoms with Crippen LogP contribution in [0.15, 0.2) is 33.6 Å². The van der Waals surface area contributed by atoms with Crippen molar-refractivity contribution in [3.63, 3.8) is 0 Å². The van der Waals surface area contributed by atoms with E-state index >= 15 is 0 Å². The fraction of sp³-hybridized carbons (Fsp3) is 0.533. The lowest BCUT2D eigenvalue weighted by Gasteiger charge is -2.14. The van der Waals surface area contributed by atoms with E-state index < -0.39 is 10.0 Å². The van der Waals surface area contributed by atoms with Crippen LogP contribution in [0.5, 0.6) is 0 Å². The molecule has 1 heterocycles. The van der Waals surface area contributed by atoms with Gasteiger partial charge in [0.1, 0.15) is 0 Å². The number of carbonyl (C=O) groups is 1. The zero-order valence-electron chi connectivity index (χ0n) is 12.9. The summed E-state index contributed by atoms with van der Waals surface area (Å²) in [7, 11) is -3.57. The van der Waals surface area contributed by atoms with E-state index in [4.69, 9.17) is 0 Å². The number of nitrogens with one attached hydrogen (secondary N) is 2. The first kappa shape index (κ1) is 18.4. The molecule has 128 valence electrons. The first-order valence-electron chi connectivity index (χ1n) is 7.72. The molecule has 2 rings (SSSR count). The first-order valence-corrected chi connectivity index (χ1v) is 9.99. The fourth-order valence-corrected chi connectivity index (χ4v) is 3.74. The molecule has 1 amide bonds. The Hall–Kier alpha value is -0.960. The normalized spacial score (nSPS) is 15.7. The molecule has 1 aliphatic heterocycles. The number of nitrogens with zero attached hydrogens (tertiary/aromatic N) is 1. The molecule has 1 aromatic rings. The zero-order chi connectivity index (χ0) is 16.7. The molecule has 2 N–H and O–H groups in total. The molecule has 1 aromatic carbocycles. The van der Waals surface area contributed by atoms with Crippen molar-refractivity contribution in [2.45, 2.75) is 24.2 Å². The van der Waals surface area contributed by atoms with Crippen LogP contribution in [-0.2, 0) is 14.8 Å². The predicted molar refractivity (Wildman–Crippen MR) is 92.6 cm³/mol. The third-order valence-electron chi connectivity index (χ3n) is 3.72. The van der Waals surface area contributed by atoms with Crippen molar-refractivity contribution in [1.29, 1.82) is 0 Å². The minimum Gasteiger partial charge on any atom is -0.355 e. The van der Waals surface area contributed by atoms with Crippen molar-refractivity contribution in [2.75, 3.05) is 32.7 Å². The van der Waals surface area contributed by atoms with Gasteiger partial charge in [0.05, 0.1) is 4.90 Å². The topological polar surface area (TPSA) is 78.5 Å². The number of hydrogen-bond donors (Lipinski definition) is 2. The Morgan fingerprint density at radius 2 is 1.78 bits per heavy atom. The maximum atomic E-state index is 12.0. The first-order chi connectivity index (χ1) is 11.0.